The Labute approximate surface area is 110 Å². The number of piperidine rings is 1. The lowest BCUT2D eigenvalue weighted by Crippen LogP contribution is -2.58. The Bertz CT molecular complexity index is 297. The second-order valence-corrected chi connectivity index (χ2v) is 5.66. The molecule has 1 N–H and O–H groups in total. The average Bonchev–Trinajstić information content (AvgIpc) is 2.36. The Morgan fingerprint density at radius 3 is 2.78 bits per heavy atom. The van der Waals surface area contributed by atoms with Crippen LogP contribution in [0.4, 0.5) is 0 Å². The van der Waals surface area contributed by atoms with Crippen LogP contribution < -0.4 is 5.32 Å². The van der Waals surface area contributed by atoms with E-state index in [4.69, 9.17) is 0 Å². The highest BCUT2D eigenvalue weighted by Crippen LogP contribution is 2.15. The molecule has 18 heavy (non-hydrogen) atoms. The fourth-order valence-electron chi connectivity index (χ4n) is 2.94. The second kappa shape index (κ2) is 5.99. The van der Waals surface area contributed by atoms with Crippen molar-refractivity contribution in [1.29, 1.82) is 0 Å². The van der Waals surface area contributed by atoms with Crippen molar-refractivity contribution >= 4 is 5.91 Å². The minimum atomic E-state index is 0.0328. The predicted octanol–water partition coefficient (Wildman–Crippen LogP) is -0.557. The van der Waals surface area contributed by atoms with E-state index in [0.29, 0.717) is 6.04 Å². The zero-order valence-electron chi connectivity index (χ0n) is 11.9. The highest BCUT2D eigenvalue weighted by atomic mass is 16.2. The zero-order chi connectivity index (χ0) is 13.1. The lowest BCUT2D eigenvalue weighted by atomic mass is 10.0. The van der Waals surface area contributed by atoms with E-state index in [0.717, 1.165) is 45.6 Å². The van der Waals surface area contributed by atoms with Crippen molar-refractivity contribution in [2.45, 2.75) is 24.9 Å². The molecule has 2 unspecified atom stereocenters. The number of amides is 1. The van der Waals surface area contributed by atoms with Crippen molar-refractivity contribution in [3.63, 3.8) is 0 Å². The fraction of sp³-hybridized carbons (Fsp3) is 0.923. The van der Waals surface area contributed by atoms with Crippen molar-refractivity contribution in [1.82, 2.24) is 20.0 Å². The molecule has 2 rings (SSSR count). The van der Waals surface area contributed by atoms with E-state index in [1.165, 1.54) is 0 Å². The summed E-state index contributed by atoms with van der Waals surface area (Å²) >= 11 is 0. The first-order chi connectivity index (χ1) is 8.61. The van der Waals surface area contributed by atoms with Gasteiger partial charge >= 0.3 is 0 Å². The summed E-state index contributed by atoms with van der Waals surface area (Å²) in [6, 6.07) is 0.508. The minimum absolute atomic E-state index is 0.0328. The van der Waals surface area contributed by atoms with Crippen molar-refractivity contribution in [3.8, 4) is 0 Å². The molecule has 2 saturated heterocycles. The van der Waals surface area contributed by atoms with Crippen LogP contribution >= 0.6 is 0 Å². The van der Waals surface area contributed by atoms with E-state index in [-0.39, 0.29) is 11.9 Å². The third kappa shape index (κ3) is 3.02. The largest absolute Gasteiger partial charge is 0.340 e. The molecule has 0 saturated carbocycles. The number of carbonyl (C=O) groups excluding carboxylic acids is 1. The average molecular weight is 254 g/mol. The van der Waals surface area contributed by atoms with Crippen molar-refractivity contribution in [2.75, 3.05) is 53.9 Å². The number of hydrogen-bond acceptors (Lipinski definition) is 4. The third-order valence-electron chi connectivity index (χ3n) is 4.29. The molecular formula is C13H26N4O. The molecule has 2 aliphatic heterocycles. The number of rotatable bonds is 3. The number of nitrogens with one attached hydrogen (secondary N) is 1. The normalized spacial score (nSPS) is 31.9. The molecule has 2 heterocycles. The molecule has 0 radical (unpaired) electrons. The van der Waals surface area contributed by atoms with Gasteiger partial charge in [-0.25, -0.2) is 0 Å². The van der Waals surface area contributed by atoms with Gasteiger partial charge in [-0.05, 0) is 34.0 Å². The number of nitrogens with zero attached hydrogens (tertiary/aromatic N) is 3. The summed E-state index contributed by atoms with van der Waals surface area (Å²) in [5.74, 6) is 0.283. The van der Waals surface area contributed by atoms with E-state index in [2.05, 4.69) is 29.2 Å². The van der Waals surface area contributed by atoms with Crippen LogP contribution in [0.15, 0.2) is 0 Å². The van der Waals surface area contributed by atoms with Crippen LogP contribution in [0.1, 0.15) is 12.8 Å². The highest BCUT2D eigenvalue weighted by molar-refractivity contribution is 5.82. The minimum Gasteiger partial charge on any atom is -0.340 e. The molecule has 0 spiro atoms. The van der Waals surface area contributed by atoms with Gasteiger partial charge in [0.1, 0.15) is 0 Å². The van der Waals surface area contributed by atoms with Gasteiger partial charge in [-0.3, -0.25) is 9.69 Å². The van der Waals surface area contributed by atoms with Gasteiger partial charge in [-0.15, -0.1) is 0 Å². The van der Waals surface area contributed by atoms with Gasteiger partial charge < -0.3 is 15.1 Å². The molecule has 2 atom stereocenters. The molecule has 5 heteroatoms. The topological polar surface area (TPSA) is 38.8 Å². The number of likely N-dealkylation sites (N-methyl/N-ethyl adjacent to an activating group) is 3. The first-order valence-corrected chi connectivity index (χ1v) is 6.96. The van der Waals surface area contributed by atoms with Crippen LogP contribution in [0.2, 0.25) is 0 Å². The summed E-state index contributed by atoms with van der Waals surface area (Å²) in [6.45, 7) is 5.08. The Hall–Kier alpha value is -0.650. The Kier molecular flexibility index (Phi) is 4.59. The number of piperazine rings is 1. The van der Waals surface area contributed by atoms with E-state index in [1.54, 1.807) is 0 Å². The SMILES string of the molecule is CNC1CCCN(CC2CN(C)CCN2C)C1=O. The van der Waals surface area contributed by atoms with Crippen molar-refractivity contribution < 1.29 is 4.79 Å². The quantitative estimate of drug-likeness (QED) is 0.733. The van der Waals surface area contributed by atoms with Crippen LogP contribution in [0.3, 0.4) is 0 Å². The zero-order valence-corrected chi connectivity index (χ0v) is 11.9. The van der Waals surface area contributed by atoms with Gasteiger partial charge in [0.25, 0.3) is 0 Å². The summed E-state index contributed by atoms with van der Waals surface area (Å²) in [5.41, 5.74) is 0. The Balaban J connectivity index is 1.93. The summed E-state index contributed by atoms with van der Waals surface area (Å²) in [5, 5.41) is 3.13. The van der Waals surface area contributed by atoms with Crippen LogP contribution in [0, 0.1) is 0 Å². The van der Waals surface area contributed by atoms with Gasteiger partial charge in [0.15, 0.2) is 0 Å². The number of carbonyl (C=O) groups is 1. The van der Waals surface area contributed by atoms with Crippen molar-refractivity contribution in [2.24, 2.45) is 0 Å². The lowest BCUT2D eigenvalue weighted by molar-refractivity contribution is -0.137. The van der Waals surface area contributed by atoms with Crippen LogP contribution in [0.5, 0.6) is 0 Å². The smallest absolute Gasteiger partial charge is 0.239 e. The highest BCUT2D eigenvalue weighted by Gasteiger charge is 2.31. The van der Waals surface area contributed by atoms with E-state index < -0.39 is 0 Å². The summed E-state index contributed by atoms with van der Waals surface area (Å²) < 4.78 is 0. The molecule has 0 aromatic rings. The van der Waals surface area contributed by atoms with Gasteiger partial charge in [-0.1, -0.05) is 0 Å². The van der Waals surface area contributed by atoms with E-state index in [9.17, 15) is 4.79 Å². The Morgan fingerprint density at radius 1 is 1.28 bits per heavy atom. The van der Waals surface area contributed by atoms with Crippen LogP contribution in [0.25, 0.3) is 0 Å². The summed E-state index contributed by atoms with van der Waals surface area (Å²) in [4.78, 5) is 19.0. The molecule has 2 aliphatic rings. The number of likely N-dealkylation sites (tertiary alicyclic amines) is 1. The first kappa shape index (κ1) is 13.8. The summed E-state index contributed by atoms with van der Waals surface area (Å²) in [7, 11) is 6.21. The van der Waals surface area contributed by atoms with Crippen LogP contribution in [-0.2, 0) is 4.79 Å². The third-order valence-corrected chi connectivity index (χ3v) is 4.29. The standard InChI is InChI=1S/C13H26N4O/c1-14-12-5-4-6-17(13(12)18)10-11-9-15(2)7-8-16(11)3/h11-12,14H,4-10H2,1-3H3. The van der Waals surface area contributed by atoms with Gasteiger partial charge in [0.2, 0.25) is 5.91 Å². The molecule has 0 bridgehead atoms. The molecule has 0 aromatic carbocycles. The van der Waals surface area contributed by atoms with Crippen LogP contribution in [-0.4, -0.2) is 86.6 Å². The molecule has 104 valence electrons. The maximum absolute atomic E-state index is 12.2. The first-order valence-electron chi connectivity index (χ1n) is 6.96. The summed E-state index contributed by atoms with van der Waals surface area (Å²) in [6.07, 6.45) is 2.09. The van der Waals surface area contributed by atoms with Crippen molar-refractivity contribution in [3.05, 3.63) is 0 Å². The van der Waals surface area contributed by atoms with E-state index in [1.807, 2.05) is 11.9 Å². The maximum atomic E-state index is 12.2. The molecular weight excluding hydrogens is 228 g/mol. The predicted molar refractivity (Wildman–Crippen MR) is 72.6 cm³/mol. The van der Waals surface area contributed by atoms with Gasteiger partial charge in [0.05, 0.1) is 6.04 Å². The Morgan fingerprint density at radius 2 is 2.06 bits per heavy atom. The van der Waals surface area contributed by atoms with Gasteiger partial charge in [-0.2, -0.15) is 0 Å². The molecule has 0 aromatic heterocycles. The van der Waals surface area contributed by atoms with E-state index >= 15 is 0 Å². The molecule has 2 fully saturated rings. The fourth-order valence-corrected chi connectivity index (χ4v) is 2.94. The van der Waals surface area contributed by atoms with Gasteiger partial charge in [0, 0.05) is 38.8 Å². The maximum Gasteiger partial charge on any atom is 0.239 e. The molecule has 0 aliphatic carbocycles. The second-order valence-electron chi connectivity index (χ2n) is 5.66. The number of hydrogen-bond donors (Lipinski definition) is 1. The monoisotopic (exact) mass is 254 g/mol. The molecule has 5 nitrogen and oxygen atoms in total. The molecule has 1 amide bonds. The lowest BCUT2D eigenvalue weighted by Gasteiger charge is -2.42.